The monoisotopic (exact) mass is 344 g/mol. The van der Waals surface area contributed by atoms with Crippen molar-refractivity contribution < 1.29 is 44.2 Å². The maximum absolute atomic E-state index is 13.2. The first kappa shape index (κ1) is 18.3. The molecule has 9 heteroatoms. The van der Waals surface area contributed by atoms with Crippen LogP contribution in [0.25, 0.3) is 6.08 Å². The number of carbonyl (C=O) groups is 1. The third-order valence-corrected chi connectivity index (χ3v) is 3.45. The van der Waals surface area contributed by atoms with E-state index in [1.807, 2.05) is 0 Å². The van der Waals surface area contributed by atoms with Crippen molar-refractivity contribution in [3.63, 3.8) is 0 Å². The minimum absolute atomic E-state index is 0.192. The van der Waals surface area contributed by atoms with Crippen LogP contribution >= 0.6 is 0 Å². The summed E-state index contributed by atoms with van der Waals surface area (Å²) in [5, 5.41) is 47.4. The molecule has 0 unspecified atom stereocenters. The van der Waals surface area contributed by atoms with Crippen LogP contribution in [0.5, 0.6) is 0 Å². The number of aliphatic carboxylic acids is 1. The molecule has 132 valence electrons. The van der Waals surface area contributed by atoms with Crippen molar-refractivity contribution in [3.8, 4) is 0 Å². The van der Waals surface area contributed by atoms with E-state index in [-0.39, 0.29) is 5.56 Å². The van der Waals surface area contributed by atoms with E-state index in [0.717, 1.165) is 12.1 Å². The molecule has 1 heterocycles. The number of hydrogen-bond donors (Lipinski definition) is 5. The summed E-state index contributed by atoms with van der Waals surface area (Å²) in [7, 11) is 0. The normalized spacial score (nSPS) is 30.9. The summed E-state index contributed by atoms with van der Waals surface area (Å²) in [6.07, 6.45) is -6.92. The number of hydrogen-bond acceptors (Lipinski definition) is 7. The first-order chi connectivity index (χ1) is 11.3. The van der Waals surface area contributed by atoms with E-state index in [1.54, 1.807) is 0 Å². The highest BCUT2D eigenvalue weighted by Crippen LogP contribution is 2.24. The second-order valence-corrected chi connectivity index (χ2v) is 5.18. The molecule has 0 radical (unpaired) electrons. The summed E-state index contributed by atoms with van der Waals surface area (Å²) < 4.78 is 23.3. The van der Waals surface area contributed by atoms with Crippen LogP contribution in [0.2, 0.25) is 0 Å². The Hall–Kier alpha value is -2.04. The predicted molar refractivity (Wildman–Crippen MR) is 76.9 cm³/mol. The van der Waals surface area contributed by atoms with Crippen molar-refractivity contribution in [2.45, 2.75) is 30.7 Å². The SMILES string of the molecule is O=C(O)/C(=C/c1cccc(F)c1)O[C@H]1O[C@@H](CO)[C@@H](O)[C@@H](O)[C@@H]1O. The summed E-state index contributed by atoms with van der Waals surface area (Å²) in [5.74, 6) is -2.78. The van der Waals surface area contributed by atoms with Crippen LogP contribution in [-0.4, -0.2) is 68.8 Å². The number of aliphatic hydroxyl groups is 4. The fourth-order valence-electron chi connectivity index (χ4n) is 2.18. The fourth-order valence-corrected chi connectivity index (χ4v) is 2.18. The molecular formula is C15H17FO8. The second-order valence-electron chi connectivity index (χ2n) is 5.18. The second kappa shape index (κ2) is 7.69. The van der Waals surface area contributed by atoms with Crippen LogP contribution in [0.3, 0.4) is 0 Å². The number of benzene rings is 1. The third kappa shape index (κ3) is 4.08. The molecule has 0 aromatic heterocycles. The van der Waals surface area contributed by atoms with E-state index >= 15 is 0 Å². The minimum atomic E-state index is -1.75. The van der Waals surface area contributed by atoms with Crippen LogP contribution in [-0.2, 0) is 14.3 Å². The van der Waals surface area contributed by atoms with Gasteiger partial charge in [-0.15, -0.1) is 0 Å². The van der Waals surface area contributed by atoms with Crippen LogP contribution in [0, 0.1) is 5.82 Å². The van der Waals surface area contributed by atoms with Crippen molar-refractivity contribution in [1.29, 1.82) is 0 Å². The number of rotatable bonds is 5. The summed E-state index contributed by atoms with van der Waals surface area (Å²) in [6, 6.07) is 5.05. The molecule has 8 nitrogen and oxygen atoms in total. The average Bonchev–Trinajstić information content (AvgIpc) is 2.54. The van der Waals surface area contributed by atoms with Crippen molar-refractivity contribution >= 4 is 12.0 Å². The number of carboxylic acid groups (broad SMARTS) is 1. The molecule has 2 rings (SSSR count). The lowest BCUT2D eigenvalue weighted by atomic mass is 9.99. The van der Waals surface area contributed by atoms with Crippen LogP contribution < -0.4 is 0 Å². The van der Waals surface area contributed by atoms with E-state index in [2.05, 4.69) is 0 Å². The summed E-state index contributed by atoms with van der Waals surface area (Å²) in [4.78, 5) is 11.3. The van der Waals surface area contributed by atoms with E-state index in [0.29, 0.717) is 0 Å². The van der Waals surface area contributed by atoms with Gasteiger partial charge in [-0.05, 0) is 23.8 Å². The van der Waals surface area contributed by atoms with Gasteiger partial charge in [0, 0.05) is 0 Å². The zero-order valence-corrected chi connectivity index (χ0v) is 12.3. The highest BCUT2D eigenvalue weighted by Gasteiger charge is 2.45. The van der Waals surface area contributed by atoms with Gasteiger partial charge in [-0.25, -0.2) is 9.18 Å². The first-order valence-corrected chi connectivity index (χ1v) is 7.01. The number of aliphatic hydroxyl groups excluding tert-OH is 4. The zero-order valence-electron chi connectivity index (χ0n) is 12.3. The molecule has 1 fully saturated rings. The van der Waals surface area contributed by atoms with Gasteiger partial charge in [-0.3, -0.25) is 0 Å². The average molecular weight is 344 g/mol. The Kier molecular flexibility index (Phi) is 5.86. The van der Waals surface area contributed by atoms with Gasteiger partial charge in [0.05, 0.1) is 6.61 Å². The van der Waals surface area contributed by atoms with Gasteiger partial charge in [0.1, 0.15) is 30.2 Å². The highest BCUT2D eigenvalue weighted by molar-refractivity contribution is 5.89. The van der Waals surface area contributed by atoms with Crippen LogP contribution in [0.1, 0.15) is 5.56 Å². The fraction of sp³-hybridized carbons (Fsp3) is 0.400. The maximum Gasteiger partial charge on any atom is 0.371 e. The van der Waals surface area contributed by atoms with E-state index < -0.39 is 54.9 Å². The van der Waals surface area contributed by atoms with Crippen molar-refractivity contribution in [3.05, 3.63) is 41.4 Å². The lowest BCUT2D eigenvalue weighted by molar-refractivity contribution is -0.291. The Morgan fingerprint density at radius 3 is 2.54 bits per heavy atom. The molecule has 24 heavy (non-hydrogen) atoms. The van der Waals surface area contributed by atoms with Gasteiger partial charge >= 0.3 is 5.97 Å². The third-order valence-electron chi connectivity index (χ3n) is 3.45. The molecule has 0 bridgehead atoms. The van der Waals surface area contributed by atoms with Gasteiger partial charge in [-0.2, -0.15) is 0 Å². The molecule has 1 saturated heterocycles. The minimum Gasteiger partial charge on any atom is -0.475 e. The van der Waals surface area contributed by atoms with Gasteiger partial charge < -0.3 is 35.0 Å². The van der Waals surface area contributed by atoms with E-state index in [9.17, 15) is 29.6 Å². The standard InChI is InChI=1S/C15H17FO8/c16-8-3-1-2-7(4-8)5-9(14(21)22)23-15-13(20)12(19)11(18)10(6-17)24-15/h1-5,10-13,15,17-20H,6H2,(H,21,22)/b9-5-/t10-,11+,12+,13-,15-/m0/s1. The summed E-state index contributed by atoms with van der Waals surface area (Å²) in [6.45, 7) is -0.680. The molecular weight excluding hydrogens is 327 g/mol. The molecule has 0 aliphatic carbocycles. The Balaban J connectivity index is 2.22. The Morgan fingerprint density at radius 2 is 1.96 bits per heavy atom. The Bertz CT molecular complexity index is 617. The first-order valence-electron chi connectivity index (χ1n) is 7.01. The van der Waals surface area contributed by atoms with Crippen molar-refractivity contribution in [1.82, 2.24) is 0 Å². The zero-order chi connectivity index (χ0) is 17.9. The van der Waals surface area contributed by atoms with Crippen molar-refractivity contribution in [2.75, 3.05) is 6.61 Å². The van der Waals surface area contributed by atoms with Crippen LogP contribution in [0.15, 0.2) is 30.0 Å². The highest BCUT2D eigenvalue weighted by atomic mass is 19.1. The predicted octanol–water partition coefficient (Wildman–Crippen LogP) is -0.932. The van der Waals surface area contributed by atoms with Crippen LogP contribution in [0.4, 0.5) is 4.39 Å². The Morgan fingerprint density at radius 1 is 1.25 bits per heavy atom. The molecule has 5 N–H and O–H groups in total. The van der Waals surface area contributed by atoms with Gasteiger partial charge in [-0.1, -0.05) is 12.1 Å². The molecule has 0 saturated carbocycles. The summed E-state index contributed by atoms with van der Waals surface area (Å²) >= 11 is 0. The molecule has 5 atom stereocenters. The van der Waals surface area contributed by atoms with E-state index in [4.69, 9.17) is 14.6 Å². The van der Waals surface area contributed by atoms with E-state index in [1.165, 1.54) is 18.2 Å². The van der Waals surface area contributed by atoms with Gasteiger partial charge in [0.2, 0.25) is 12.0 Å². The molecule has 1 aromatic carbocycles. The molecule has 1 aliphatic rings. The lowest BCUT2D eigenvalue weighted by Crippen LogP contribution is -2.59. The number of halogens is 1. The van der Waals surface area contributed by atoms with Gasteiger partial charge in [0.15, 0.2) is 0 Å². The lowest BCUT2D eigenvalue weighted by Gasteiger charge is -2.39. The Labute approximate surface area is 136 Å². The summed E-state index contributed by atoms with van der Waals surface area (Å²) in [5.41, 5.74) is 0.192. The number of carboxylic acids is 1. The molecule has 1 aromatic rings. The van der Waals surface area contributed by atoms with Crippen molar-refractivity contribution in [2.24, 2.45) is 0 Å². The maximum atomic E-state index is 13.2. The molecule has 0 spiro atoms. The topological polar surface area (TPSA) is 137 Å². The quantitative estimate of drug-likeness (QED) is 0.341. The smallest absolute Gasteiger partial charge is 0.371 e. The number of ether oxygens (including phenoxy) is 2. The molecule has 1 aliphatic heterocycles. The van der Waals surface area contributed by atoms with Gasteiger partial charge in [0.25, 0.3) is 0 Å². The molecule has 0 amide bonds. The largest absolute Gasteiger partial charge is 0.475 e.